The number of amides is 1. The maximum Gasteiger partial charge on any atom is 0.244 e. The second-order valence-corrected chi connectivity index (χ2v) is 10.9. The molecule has 2 aliphatic rings. The smallest absolute Gasteiger partial charge is 0.244 e. The lowest BCUT2D eigenvalue weighted by Crippen LogP contribution is -2.37. The Balaban J connectivity index is 1.17. The van der Waals surface area contributed by atoms with Gasteiger partial charge in [0.2, 0.25) is 5.91 Å². The van der Waals surface area contributed by atoms with E-state index in [1.54, 1.807) is 12.1 Å². The van der Waals surface area contributed by atoms with Gasteiger partial charge in [-0.05, 0) is 80.7 Å². The zero-order valence-electron chi connectivity index (χ0n) is 22.2. The fourth-order valence-electron chi connectivity index (χ4n) is 5.54. The summed E-state index contributed by atoms with van der Waals surface area (Å²) in [5.74, 6) is 0.622. The Morgan fingerprint density at radius 2 is 1.59 bits per heavy atom. The molecule has 196 valence electrons. The molecule has 4 rings (SSSR count). The highest BCUT2D eigenvalue weighted by Crippen LogP contribution is 2.28. The molecule has 1 aliphatic carbocycles. The largest absolute Gasteiger partial charge is 0.350 e. The zero-order chi connectivity index (χ0) is 26.2. The molecule has 2 aromatic rings. The summed E-state index contributed by atoms with van der Waals surface area (Å²) >= 11 is 0. The highest BCUT2D eigenvalue weighted by Gasteiger charge is 2.23. The third-order valence-electron chi connectivity index (χ3n) is 7.90. The van der Waals surface area contributed by atoms with Crippen LogP contribution in [0.15, 0.2) is 60.7 Å². The van der Waals surface area contributed by atoms with Crippen molar-refractivity contribution in [3.63, 3.8) is 0 Å². The summed E-state index contributed by atoms with van der Waals surface area (Å²) in [5, 5.41) is 3.08. The van der Waals surface area contributed by atoms with Gasteiger partial charge in [0.25, 0.3) is 0 Å². The molecule has 1 heterocycles. The molecule has 0 spiro atoms. The van der Waals surface area contributed by atoms with Gasteiger partial charge in [-0.1, -0.05) is 56.3 Å². The van der Waals surface area contributed by atoms with Gasteiger partial charge in [-0.2, -0.15) is 0 Å². The summed E-state index contributed by atoms with van der Waals surface area (Å²) in [5.41, 5.74) is 4.17. The number of nitrogens with one attached hydrogen (secondary N) is 1. The molecule has 0 saturated heterocycles. The molecule has 0 atom stereocenters. The Hall–Kier alpha value is -3.05. The number of hydrogen-bond acceptors (Lipinski definition) is 4. The quantitative estimate of drug-likeness (QED) is 0.368. The first-order valence-corrected chi connectivity index (χ1v) is 13.9. The molecule has 0 bridgehead atoms. The second-order valence-electron chi connectivity index (χ2n) is 10.9. The van der Waals surface area contributed by atoms with Crippen molar-refractivity contribution in [2.45, 2.75) is 64.8 Å². The van der Waals surface area contributed by atoms with Gasteiger partial charge in [0.1, 0.15) is 0 Å². The van der Waals surface area contributed by atoms with Crippen LogP contribution in [0.5, 0.6) is 0 Å². The molecule has 5 heteroatoms. The van der Waals surface area contributed by atoms with Gasteiger partial charge < -0.3 is 10.2 Å². The van der Waals surface area contributed by atoms with Gasteiger partial charge in [-0.3, -0.25) is 14.4 Å². The minimum Gasteiger partial charge on any atom is -0.350 e. The van der Waals surface area contributed by atoms with Crippen LogP contribution >= 0.6 is 0 Å². The Kier molecular flexibility index (Phi) is 9.45. The topological polar surface area (TPSA) is 66.5 Å². The lowest BCUT2D eigenvalue weighted by atomic mass is 9.84. The SMILES string of the molecule is CC(C)C(=O)c1ccc2c(c1)CCN(CC[C@H]1CC[C@H](NC(=O)C=CC(=O)c3ccccc3)CC1)CC2. The first kappa shape index (κ1) is 27.0. The van der Waals surface area contributed by atoms with Gasteiger partial charge in [0, 0.05) is 42.3 Å². The number of ketones is 2. The number of benzene rings is 2. The molecular weight excluding hydrogens is 460 g/mol. The second kappa shape index (κ2) is 13.0. The molecule has 1 N–H and O–H groups in total. The van der Waals surface area contributed by atoms with E-state index in [0.717, 1.165) is 63.7 Å². The van der Waals surface area contributed by atoms with Gasteiger partial charge in [-0.15, -0.1) is 0 Å². The minimum atomic E-state index is -0.185. The number of rotatable bonds is 9. The van der Waals surface area contributed by atoms with Gasteiger partial charge >= 0.3 is 0 Å². The van der Waals surface area contributed by atoms with Crippen LogP contribution in [-0.4, -0.2) is 48.0 Å². The van der Waals surface area contributed by atoms with E-state index in [0.29, 0.717) is 11.5 Å². The molecule has 2 aromatic carbocycles. The maximum absolute atomic E-state index is 12.4. The molecule has 1 saturated carbocycles. The van der Waals surface area contributed by atoms with Crippen molar-refractivity contribution in [2.75, 3.05) is 19.6 Å². The van der Waals surface area contributed by atoms with E-state index in [1.807, 2.05) is 38.1 Å². The van der Waals surface area contributed by atoms with Crippen LogP contribution < -0.4 is 5.32 Å². The van der Waals surface area contributed by atoms with Crippen LogP contribution in [0.3, 0.4) is 0 Å². The van der Waals surface area contributed by atoms with Crippen molar-refractivity contribution in [1.82, 2.24) is 10.2 Å². The molecule has 1 amide bonds. The van der Waals surface area contributed by atoms with Gasteiger partial charge in [0.05, 0.1) is 0 Å². The Labute approximate surface area is 221 Å². The van der Waals surface area contributed by atoms with Crippen molar-refractivity contribution in [3.8, 4) is 0 Å². The first-order chi connectivity index (χ1) is 17.9. The predicted molar refractivity (Wildman–Crippen MR) is 148 cm³/mol. The number of Topliss-reactive ketones (excluding diaryl/α,β-unsaturated/α-hetero) is 1. The highest BCUT2D eigenvalue weighted by atomic mass is 16.2. The van der Waals surface area contributed by atoms with Crippen LogP contribution in [-0.2, 0) is 17.6 Å². The van der Waals surface area contributed by atoms with Crippen LogP contribution in [0.2, 0.25) is 0 Å². The zero-order valence-corrected chi connectivity index (χ0v) is 22.2. The lowest BCUT2D eigenvalue weighted by molar-refractivity contribution is -0.117. The van der Waals surface area contributed by atoms with E-state index in [-0.39, 0.29) is 29.4 Å². The van der Waals surface area contributed by atoms with Crippen LogP contribution in [0.4, 0.5) is 0 Å². The van der Waals surface area contributed by atoms with E-state index in [2.05, 4.69) is 22.3 Å². The van der Waals surface area contributed by atoms with Crippen LogP contribution in [0, 0.1) is 11.8 Å². The highest BCUT2D eigenvalue weighted by molar-refractivity contribution is 6.07. The summed E-state index contributed by atoms with van der Waals surface area (Å²) in [6, 6.07) is 15.5. The standard InChI is InChI=1S/C32H40N2O3/c1-23(2)32(37)28-11-10-25-17-20-34(21-18-27(25)22-28)19-16-24-8-12-29(13-9-24)33-31(36)15-14-30(35)26-6-4-3-5-7-26/h3-7,10-11,14-15,22-24,29H,8-9,12-13,16-21H2,1-2H3,(H,33,36)/t24-,29-. The minimum absolute atomic E-state index is 0.0315. The molecular formula is C32H40N2O3. The molecule has 5 nitrogen and oxygen atoms in total. The maximum atomic E-state index is 12.4. The number of fused-ring (bicyclic) bond motifs is 1. The summed E-state index contributed by atoms with van der Waals surface area (Å²) in [6.07, 6.45) is 10.2. The first-order valence-electron chi connectivity index (χ1n) is 13.9. The predicted octanol–water partition coefficient (Wildman–Crippen LogP) is 5.43. The Bertz CT molecular complexity index is 1110. The van der Waals surface area contributed by atoms with Crippen molar-refractivity contribution in [3.05, 3.63) is 82.9 Å². The fourth-order valence-corrected chi connectivity index (χ4v) is 5.54. The van der Waals surface area contributed by atoms with Crippen molar-refractivity contribution in [1.29, 1.82) is 0 Å². The van der Waals surface area contributed by atoms with Crippen molar-refractivity contribution in [2.24, 2.45) is 11.8 Å². The van der Waals surface area contributed by atoms with Crippen LogP contribution in [0.1, 0.15) is 77.8 Å². The normalized spacial score (nSPS) is 20.4. The third kappa shape index (κ3) is 7.72. The number of allylic oxidation sites excluding steroid dienone is 1. The Morgan fingerprint density at radius 1 is 0.892 bits per heavy atom. The summed E-state index contributed by atoms with van der Waals surface area (Å²) in [4.78, 5) is 39.4. The average Bonchev–Trinajstić information content (AvgIpc) is 3.13. The monoisotopic (exact) mass is 500 g/mol. The fraction of sp³-hybridized carbons (Fsp3) is 0.469. The molecule has 37 heavy (non-hydrogen) atoms. The van der Waals surface area contributed by atoms with E-state index >= 15 is 0 Å². The average molecular weight is 501 g/mol. The molecule has 1 aliphatic heterocycles. The van der Waals surface area contributed by atoms with E-state index in [4.69, 9.17) is 0 Å². The number of hydrogen-bond donors (Lipinski definition) is 1. The number of carbonyl (C=O) groups is 3. The third-order valence-corrected chi connectivity index (χ3v) is 7.90. The summed E-state index contributed by atoms with van der Waals surface area (Å²) < 4.78 is 0. The molecule has 1 fully saturated rings. The van der Waals surface area contributed by atoms with Gasteiger partial charge in [-0.25, -0.2) is 0 Å². The lowest BCUT2D eigenvalue weighted by Gasteiger charge is -2.30. The van der Waals surface area contributed by atoms with Crippen LogP contribution in [0.25, 0.3) is 0 Å². The van der Waals surface area contributed by atoms with E-state index in [9.17, 15) is 14.4 Å². The summed E-state index contributed by atoms with van der Waals surface area (Å²) in [6.45, 7) is 7.15. The summed E-state index contributed by atoms with van der Waals surface area (Å²) in [7, 11) is 0. The van der Waals surface area contributed by atoms with E-state index in [1.165, 1.54) is 29.7 Å². The van der Waals surface area contributed by atoms with E-state index < -0.39 is 0 Å². The van der Waals surface area contributed by atoms with Crippen molar-refractivity contribution >= 4 is 17.5 Å². The van der Waals surface area contributed by atoms with Gasteiger partial charge in [0.15, 0.2) is 11.6 Å². The molecule has 0 radical (unpaired) electrons. The molecule has 0 aromatic heterocycles. The number of carbonyl (C=O) groups excluding carboxylic acids is 3. The van der Waals surface area contributed by atoms with Crippen molar-refractivity contribution < 1.29 is 14.4 Å². The molecule has 0 unspecified atom stereocenters. The Morgan fingerprint density at radius 3 is 2.30 bits per heavy atom. The number of nitrogens with zero attached hydrogens (tertiary/aromatic N) is 1.